The summed E-state index contributed by atoms with van der Waals surface area (Å²) < 4.78 is 5.83. The second-order valence-corrected chi connectivity index (χ2v) is 6.88. The summed E-state index contributed by atoms with van der Waals surface area (Å²) in [5.41, 5.74) is 1.49. The first-order valence-corrected chi connectivity index (χ1v) is 8.47. The Morgan fingerprint density at radius 1 is 0.957 bits per heavy atom. The van der Waals surface area contributed by atoms with E-state index in [1.165, 1.54) is 12.8 Å². The Balaban J connectivity index is 1.43. The summed E-state index contributed by atoms with van der Waals surface area (Å²) in [7, 11) is 0. The molecule has 0 aliphatic carbocycles. The standard InChI is InChI=1S/C20H23NO2/c22-20(12-17-8-9-18(13-20)21-17)16-6-10-19(11-7-16)23-14-15-4-2-1-3-5-15/h1-7,10-11,17-18,21-22H,8-9,12-14H2. The fraction of sp³-hybridized carbons (Fsp3) is 0.400. The molecule has 2 aromatic rings. The van der Waals surface area contributed by atoms with Crippen LogP contribution in [-0.2, 0) is 12.2 Å². The Labute approximate surface area is 137 Å². The fourth-order valence-corrected chi connectivity index (χ4v) is 3.96. The van der Waals surface area contributed by atoms with Gasteiger partial charge in [0.05, 0.1) is 5.60 Å². The lowest BCUT2D eigenvalue weighted by Crippen LogP contribution is -2.46. The summed E-state index contributed by atoms with van der Waals surface area (Å²) in [6.45, 7) is 0.568. The van der Waals surface area contributed by atoms with Gasteiger partial charge in [-0.05, 0) is 48.9 Å². The fourth-order valence-electron chi connectivity index (χ4n) is 3.96. The van der Waals surface area contributed by atoms with Crippen LogP contribution < -0.4 is 10.1 Å². The van der Waals surface area contributed by atoms with E-state index in [1.807, 2.05) is 42.5 Å². The van der Waals surface area contributed by atoms with Gasteiger partial charge in [0, 0.05) is 12.1 Å². The molecule has 3 heteroatoms. The van der Waals surface area contributed by atoms with Crippen LogP contribution in [0.2, 0.25) is 0 Å². The van der Waals surface area contributed by atoms with Gasteiger partial charge >= 0.3 is 0 Å². The predicted octanol–water partition coefficient (Wildman–Crippen LogP) is 3.37. The lowest BCUT2D eigenvalue weighted by Gasteiger charge is -2.37. The number of hydrogen-bond acceptors (Lipinski definition) is 3. The van der Waals surface area contributed by atoms with Crippen LogP contribution in [0.15, 0.2) is 54.6 Å². The third-order valence-electron chi connectivity index (χ3n) is 5.14. The summed E-state index contributed by atoms with van der Waals surface area (Å²) in [5, 5.41) is 14.6. The van der Waals surface area contributed by atoms with Gasteiger partial charge < -0.3 is 15.2 Å². The van der Waals surface area contributed by atoms with E-state index in [-0.39, 0.29) is 0 Å². The topological polar surface area (TPSA) is 41.5 Å². The maximum absolute atomic E-state index is 11.0. The number of rotatable bonds is 4. The zero-order valence-corrected chi connectivity index (χ0v) is 13.2. The molecule has 0 radical (unpaired) electrons. The Bertz CT molecular complexity index is 641. The molecule has 0 spiro atoms. The maximum atomic E-state index is 11.0. The predicted molar refractivity (Wildman–Crippen MR) is 90.3 cm³/mol. The van der Waals surface area contributed by atoms with Gasteiger partial charge in [-0.25, -0.2) is 0 Å². The lowest BCUT2D eigenvalue weighted by atomic mass is 9.81. The van der Waals surface area contributed by atoms with Gasteiger partial charge in [-0.1, -0.05) is 42.5 Å². The van der Waals surface area contributed by atoms with Crippen LogP contribution >= 0.6 is 0 Å². The van der Waals surface area contributed by atoms with Crippen molar-refractivity contribution in [2.45, 2.75) is 50.0 Å². The van der Waals surface area contributed by atoms with Crippen LogP contribution in [0.3, 0.4) is 0 Å². The largest absolute Gasteiger partial charge is 0.489 e. The average Bonchev–Trinajstić information content (AvgIpc) is 2.93. The van der Waals surface area contributed by atoms with E-state index in [1.54, 1.807) is 0 Å². The zero-order valence-electron chi connectivity index (χ0n) is 13.2. The van der Waals surface area contributed by atoms with E-state index in [4.69, 9.17) is 4.74 Å². The molecule has 2 aliphatic rings. The van der Waals surface area contributed by atoms with Crippen LogP contribution in [0, 0.1) is 0 Å². The van der Waals surface area contributed by atoms with Crippen LogP contribution in [-0.4, -0.2) is 17.2 Å². The third kappa shape index (κ3) is 3.12. The molecule has 2 fully saturated rings. The Hall–Kier alpha value is -1.84. The highest BCUT2D eigenvalue weighted by molar-refractivity contribution is 5.32. The highest BCUT2D eigenvalue weighted by atomic mass is 16.5. The second-order valence-electron chi connectivity index (χ2n) is 6.88. The number of aliphatic hydroxyl groups is 1. The number of ether oxygens (including phenoxy) is 1. The van der Waals surface area contributed by atoms with E-state index < -0.39 is 5.60 Å². The quantitative estimate of drug-likeness (QED) is 0.910. The molecule has 2 unspecified atom stereocenters. The van der Waals surface area contributed by atoms with Crippen LogP contribution in [0.1, 0.15) is 36.8 Å². The molecule has 23 heavy (non-hydrogen) atoms. The molecule has 0 saturated carbocycles. The highest BCUT2D eigenvalue weighted by Crippen LogP contribution is 2.40. The van der Waals surface area contributed by atoms with Gasteiger partial charge in [-0.15, -0.1) is 0 Å². The van der Waals surface area contributed by atoms with Crippen LogP contribution in [0.4, 0.5) is 0 Å². The molecular weight excluding hydrogens is 286 g/mol. The lowest BCUT2D eigenvalue weighted by molar-refractivity contribution is -0.0115. The molecule has 4 rings (SSSR count). The van der Waals surface area contributed by atoms with Gasteiger partial charge in [0.15, 0.2) is 0 Å². The zero-order chi connectivity index (χ0) is 15.7. The molecule has 2 N–H and O–H groups in total. The summed E-state index contributed by atoms with van der Waals surface area (Å²) in [6, 6.07) is 19.1. The van der Waals surface area contributed by atoms with Crippen molar-refractivity contribution in [1.29, 1.82) is 0 Å². The molecule has 2 bridgehead atoms. The molecule has 2 heterocycles. The Morgan fingerprint density at radius 3 is 2.26 bits per heavy atom. The number of benzene rings is 2. The smallest absolute Gasteiger partial charge is 0.119 e. The van der Waals surface area contributed by atoms with Crippen LogP contribution in [0.5, 0.6) is 5.75 Å². The van der Waals surface area contributed by atoms with Gasteiger partial charge in [0.2, 0.25) is 0 Å². The van der Waals surface area contributed by atoms with E-state index in [0.29, 0.717) is 18.7 Å². The summed E-state index contributed by atoms with van der Waals surface area (Å²) in [6.07, 6.45) is 4.00. The molecule has 2 aromatic carbocycles. The van der Waals surface area contributed by atoms with E-state index in [0.717, 1.165) is 29.7 Å². The van der Waals surface area contributed by atoms with Gasteiger partial charge in [0.25, 0.3) is 0 Å². The van der Waals surface area contributed by atoms with Crippen molar-refractivity contribution in [3.05, 3.63) is 65.7 Å². The van der Waals surface area contributed by atoms with Crippen molar-refractivity contribution >= 4 is 0 Å². The molecule has 0 aromatic heterocycles. The summed E-state index contributed by atoms with van der Waals surface area (Å²) in [5.74, 6) is 0.845. The minimum Gasteiger partial charge on any atom is -0.489 e. The van der Waals surface area contributed by atoms with Gasteiger partial charge in [-0.3, -0.25) is 0 Å². The normalized spacial score (nSPS) is 29.4. The first-order valence-electron chi connectivity index (χ1n) is 8.47. The monoisotopic (exact) mass is 309 g/mol. The third-order valence-corrected chi connectivity index (χ3v) is 5.14. The molecule has 2 aliphatic heterocycles. The molecule has 2 atom stereocenters. The molecule has 0 amide bonds. The minimum absolute atomic E-state index is 0.466. The first-order chi connectivity index (χ1) is 11.2. The van der Waals surface area contributed by atoms with Gasteiger partial charge in [-0.2, -0.15) is 0 Å². The molecular formula is C20H23NO2. The van der Waals surface area contributed by atoms with E-state index in [9.17, 15) is 5.11 Å². The summed E-state index contributed by atoms with van der Waals surface area (Å²) >= 11 is 0. The Kier molecular flexibility index (Phi) is 3.83. The number of fused-ring (bicyclic) bond motifs is 2. The molecule has 2 saturated heterocycles. The Morgan fingerprint density at radius 2 is 1.61 bits per heavy atom. The number of piperidine rings is 1. The second kappa shape index (κ2) is 5.99. The number of hydrogen-bond donors (Lipinski definition) is 2. The van der Waals surface area contributed by atoms with Crippen LogP contribution in [0.25, 0.3) is 0 Å². The van der Waals surface area contributed by atoms with Crippen molar-refractivity contribution in [3.8, 4) is 5.75 Å². The SMILES string of the molecule is OC1(c2ccc(OCc3ccccc3)cc2)CC2CCC(C1)N2. The van der Waals surface area contributed by atoms with Crippen molar-refractivity contribution in [3.63, 3.8) is 0 Å². The van der Waals surface area contributed by atoms with Crippen molar-refractivity contribution in [2.75, 3.05) is 0 Å². The first kappa shape index (κ1) is 14.7. The minimum atomic E-state index is -0.685. The highest BCUT2D eigenvalue weighted by Gasteiger charge is 2.43. The van der Waals surface area contributed by atoms with Crippen molar-refractivity contribution in [1.82, 2.24) is 5.32 Å². The molecule has 120 valence electrons. The van der Waals surface area contributed by atoms with Crippen molar-refractivity contribution < 1.29 is 9.84 Å². The van der Waals surface area contributed by atoms with E-state index >= 15 is 0 Å². The molecule has 3 nitrogen and oxygen atoms in total. The maximum Gasteiger partial charge on any atom is 0.119 e. The average molecular weight is 309 g/mol. The van der Waals surface area contributed by atoms with Gasteiger partial charge in [0.1, 0.15) is 12.4 Å². The van der Waals surface area contributed by atoms with E-state index in [2.05, 4.69) is 17.4 Å². The van der Waals surface area contributed by atoms with Crippen molar-refractivity contribution in [2.24, 2.45) is 0 Å². The summed E-state index contributed by atoms with van der Waals surface area (Å²) in [4.78, 5) is 0. The number of nitrogens with one attached hydrogen (secondary N) is 1.